The summed E-state index contributed by atoms with van der Waals surface area (Å²) >= 11 is 5.89. The number of carbonyl (C=O) groups is 1. The topological polar surface area (TPSA) is 78.7 Å². The van der Waals surface area contributed by atoms with Crippen LogP contribution in [-0.2, 0) is 23.8 Å². The fourth-order valence-electron chi connectivity index (χ4n) is 2.05. The molecule has 7 heteroatoms. The molecule has 98 valence electrons. The van der Waals surface area contributed by atoms with Gasteiger partial charge in [-0.1, -0.05) is 0 Å². The normalized spacial score (nSPS) is 11.3. The van der Waals surface area contributed by atoms with E-state index in [-0.39, 0.29) is 12.3 Å². The maximum Gasteiger partial charge on any atom is 0.219 e. The number of nitrogens with two attached hydrogens (primary N) is 1. The number of halogens is 1. The Balaban J connectivity index is 2.55. The molecular weight excluding hydrogens is 254 g/mol. The van der Waals surface area contributed by atoms with E-state index >= 15 is 0 Å². The minimum absolute atomic E-state index is 0.267. The molecule has 0 bridgehead atoms. The molecule has 2 aromatic rings. The fourth-order valence-corrected chi connectivity index (χ4v) is 2.25. The number of hydrogen-bond donors (Lipinski definition) is 1. The average Bonchev–Trinajstić information content (AvgIpc) is 2.84. The van der Waals surface area contributed by atoms with Crippen molar-refractivity contribution in [3.63, 3.8) is 0 Å². The van der Waals surface area contributed by atoms with Crippen LogP contribution in [-0.4, -0.2) is 25.2 Å². The Morgan fingerprint density at radius 3 is 2.78 bits per heavy atom. The monoisotopic (exact) mass is 269 g/mol. The molecule has 6 nitrogen and oxygen atoms in total. The molecule has 2 heterocycles. The number of aryl methyl sites for hydroxylation is 3. The number of amides is 1. The van der Waals surface area contributed by atoms with Crippen LogP contribution in [0.1, 0.15) is 24.9 Å². The third-order valence-corrected chi connectivity index (χ3v) is 3.12. The van der Waals surface area contributed by atoms with Crippen LogP contribution in [0.5, 0.6) is 0 Å². The van der Waals surface area contributed by atoms with Gasteiger partial charge in [-0.2, -0.15) is 5.10 Å². The molecule has 0 fully saturated rings. The lowest BCUT2D eigenvalue weighted by Crippen LogP contribution is -2.16. The Morgan fingerprint density at radius 1 is 1.50 bits per heavy atom. The number of carbonyl (C=O) groups excluding carboxylic acids is 1. The predicted molar refractivity (Wildman–Crippen MR) is 69.3 cm³/mol. The molecule has 0 unspecified atom stereocenters. The lowest BCUT2D eigenvalue weighted by Gasteiger charge is -2.07. The summed E-state index contributed by atoms with van der Waals surface area (Å²) in [6.07, 6.45) is 0.267. The summed E-state index contributed by atoms with van der Waals surface area (Å²) in [6.45, 7) is 5.16. The molecule has 2 rings (SSSR count). The minimum atomic E-state index is -0.336. The van der Waals surface area contributed by atoms with E-state index in [1.54, 1.807) is 0 Å². The molecule has 0 saturated carbocycles. The van der Waals surface area contributed by atoms with Crippen LogP contribution < -0.4 is 5.73 Å². The molecule has 0 aliphatic carbocycles. The standard InChI is InChI=1S/C11H16ClN5O/c1-3-17-11-10(7(2)15-17)14-9(6-12)16(11)5-4-8(13)18/h3-6H2,1-2H3,(H2,13,18). The number of fused-ring (bicyclic) bond motifs is 1. The highest BCUT2D eigenvalue weighted by molar-refractivity contribution is 6.16. The van der Waals surface area contributed by atoms with E-state index < -0.39 is 0 Å². The number of hydrogen-bond acceptors (Lipinski definition) is 3. The smallest absolute Gasteiger partial charge is 0.219 e. The van der Waals surface area contributed by atoms with Crippen molar-refractivity contribution < 1.29 is 4.79 Å². The van der Waals surface area contributed by atoms with Crippen LogP contribution in [0.25, 0.3) is 11.2 Å². The van der Waals surface area contributed by atoms with Gasteiger partial charge in [0.15, 0.2) is 5.65 Å². The molecule has 0 spiro atoms. The van der Waals surface area contributed by atoms with Crippen LogP contribution in [0.2, 0.25) is 0 Å². The summed E-state index contributed by atoms with van der Waals surface area (Å²) in [5.41, 5.74) is 7.82. The second-order valence-corrected chi connectivity index (χ2v) is 4.37. The first-order valence-corrected chi connectivity index (χ1v) is 6.38. The Labute approximate surface area is 110 Å². The zero-order chi connectivity index (χ0) is 13.3. The first-order valence-electron chi connectivity index (χ1n) is 5.85. The number of primary amides is 1. The first kappa shape index (κ1) is 12.9. The highest BCUT2D eigenvalue weighted by Crippen LogP contribution is 2.21. The van der Waals surface area contributed by atoms with E-state index in [9.17, 15) is 4.79 Å². The van der Waals surface area contributed by atoms with E-state index in [0.717, 1.165) is 29.2 Å². The Bertz CT molecular complexity index is 586. The van der Waals surface area contributed by atoms with Gasteiger partial charge < -0.3 is 10.3 Å². The molecule has 18 heavy (non-hydrogen) atoms. The van der Waals surface area contributed by atoms with Crippen molar-refractivity contribution in [2.75, 3.05) is 0 Å². The maximum atomic E-state index is 10.9. The summed E-state index contributed by atoms with van der Waals surface area (Å²) < 4.78 is 3.80. The first-order chi connectivity index (χ1) is 8.58. The third kappa shape index (κ3) is 2.08. The summed E-state index contributed by atoms with van der Waals surface area (Å²) in [5, 5.41) is 4.41. The van der Waals surface area contributed by atoms with Gasteiger partial charge in [-0.05, 0) is 13.8 Å². The molecule has 0 saturated heterocycles. The highest BCUT2D eigenvalue weighted by atomic mass is 35.5. The fraction of sp³-hybridized carbons (Fsp3) is 0.545. The lowest BCUT2D eigenvalue weighted by atomic mass is 10.4. The van der Waals surface area contributed by atoms with Crippen LogP contribution in [0.4, 0.5) is 0 Å². The third-order valence-electron chi connectivity index (χ3n) is 2.88. The van der Waals surface area contributed by atoms with Crippen LogP contribution in [0.15, 0.2) is 0 Å². The number of rotatable bonds is 5. The molecule has 0 atom stereocenters. The maximum absolute atomic E-state index is 10.9. The summed E-state index contributed by atoms with van der Waals surface area (Å²) in [7, 11) is 0. The zero-order valence-electron chi connectivity index (χ0n) is 10.5. The highest BCUT2D eigenvalue weighted by Gasteiger charge is 2.17. The molecule has 1 amide bonds. The van der Waals surface area contributed by atoms with E-state index in [2.05, 4.69) is 10.1 Å². The van der Waals surface area contributed by atoms with Crippen molar-refractivity contribution in [3.05, 3.63) is 11.5 Å². The van der Waals surface area contributed by atoms with Crippen molar-refractivity contribution in [2.45, 2.75) is 39.2 Å². The van der Waals surface area contributed by atoms with Gasteiger partial charge >= 0.3 is 0 Å². The molecular formula is C11H16ClN5O. The molecule has 0 aromatic carbocycles. The van der Waals surface area contributed by atoms with Gasteiger partial charge in [-0.3, -0.25) is 4.79 Å². The van der Waals surface area contributed by atoms with Crippen molar-refractivity contribution in [1.82, 2.24) is 19.3 Å². The minimum Gasteiger partial charge on any atom is -0.370 e. The van der Waals surface area contributed by atoms with Gasteiger partial charge in [-0.25, -0.2) is 9.67 Å². The van der Waals surface area contributed by atoms with Gasteiger partial charge in [-0.15, -0.1) is 11.6 Å². The van der Waals surface area contributed by atoms with Gasteiger partial charge in [0.2, 0.25) is 5.91 Å². The zero-order valence-corrected chi connectivity index (χ0v) is 11.2. The van der Waals surface area contributed by atoms with Crippen molar-refractivity contribution in [2.24, 2.45) is 5.73 Å². The quantitative estimate of drug-likeness (QED) is 0.828. The van der Waals surface area contributed by atoms with Gasteiger partial charge in [0, 0.05) is 19.5 Å². The largest absolute Gasteiger partial charge is 0.370 e. The lowest BCUT2D eigenvalue weighted by molar-refractivity contribution is -0.118. The molecule has 2 aromatic heterocycles. The summed E-state index contributed by atoms with van der Waals surface area (Å²) in [5.74, 6) is 0.712. The Kier molecular flexibility index (Phi) is 3.56. The van der Waals surface area contributed by atoms with E-state index in [1.807, 2.05) is 23.1 Å². The summed E-state index contributed by atoms with van der Waals surface area (Å²) in [4.78, 5) is 15.4. The van der Waals surface area contributed by atoms with Crippen molar-refractivity contribution in [1.29, 1.82) is 0 Å². The van der Waals surface area contributed by atoms with Gasteiger partial charge in [0.05, 0.1) is 11.6 Å². The number of aromatic nitrogens is 4. The second kappa shape index (κ2) is 4.97. The van der Waals surface area contributed by atoms with Crippen molar-refractivity contribution >= 4 is 28.7 Å². The number of alkyl halides is 1. The Morgan fingerprint density at radius 2 is 2.22 bits per heavy atom. The predicted octanol–water partition coefficient (Wildman–Crippen LogP) is 1.18. The molecule has 0 aliphatic heterocycles. The van der Waals surface area contributed by atoms with E-state index in [0.29, 0.717) is 12.4 Å². The number of nitrogens with zero attached hydrogens (tertiary/aromatic N) is 4. The SMILES string of the molecule is CCn1nc(C)c2nc(CCl)n(CCC(N)=O)c21. The molecule has 2 N–H and O–H groups in total. The Hall–Kier alpha value is -1.56. The summed E-state index contributed by atoms with van der Waals surface area (Å²) in [6, 6.07) is 0. The van der Waals surface area contributed by atoms with Crippen LogP contribution in [0.3, 0.4) is 0 Å². The molecule has 0 radical (unpaired) electrons. The van der Waals surface area contributed by atoms with Gasteiger partial charge in [0.25, 0.3) is 0 Å². The van der Waals surface area contributed by atoms with Crippen LogP contribution >= 0.6 is 11.6 Å². The van der Waals surface area contributed by atoms with Gasteiger partial charge in [0.1, 0.15) is 11.3 Å². The average molecular weight is 270 g/mol. The number of imidazole rings is 1. The molecule has 0 aliphatic rings. The van der Waals surface area contributed by atoms with E-state index in [4.69, 9.17) is 17.3 Å². The van der Waals surface area contributed by atoms with Crippen LogP contribution in [0, 0.1) is 6.92 Å². The second-order valence-electron chi connectivity index (χ2n) is 4.10. The van der Waals surface area contributed by atoms with E-state index in [1.165, 1.54) is 0 Å². The van der Waals surface area contributed by atoms with Crippen molar-refractivity contribution in [3.8, 4) is 0 Å².